The Morgan fingerprint density at radius 2 is 2.17 bits per heavy atom. The minimum atomic E-state index is -0.0659. The van der Waals surface area contributed by atoms with Gasteiger partial charge in [-0.15, -0.1) is 0 Å². The number of hydrogen-bond donors (Lipinski definition) is 3. The van der Waals surface area contributed by atoms with E-state index < -0.39 is 0 Å². The number of nitrogen functional groups attached to an aromatic ring is 1. The summed E-state index contributed by atoms with van der Waals surface area (Å²) in [5.41, 5.74) is 9.21. The average Bonchev–Trinajstić information content (AvgIpc) is 2.74. The maximum Gasteiger partial charge on any atom is 0.192 e. The summed E-state index contributed by atoms with van der Waals surface area (Å²) < 4.78 is 0. The number of pyridine rings is 1. The molecule has 0 spiro atoms. The van der Waals surface area contributed by atoms with Crippen molar-refractivity contribution in [3.05, 3.63) is 46.4 Å². The quantitative estimate of drug-likeness (QED) is 0.567. The molecule has 0 unspecified atom stereocenters. The first kappa shape index (κ1) is 10.6. The van der Waals surface area contributed by atoms with Gasteiger partial charge in [-0.1, -0.05) is 6.07 Å². The zero-order valence-corrected chi connectivity index (χ0v) is 9.82. The lowest BCUT2D eigenvalue weighted by molar-refractivity contribution is 1.17. The van der Waals surface area contributed by atoms with Crippen LogP contribution in [0.3, 0.4) is 0 Å². The Labute approximate surface area is 103 Å². The van der Waals surface area contributed by atoms with E-state index in [0.29, 0.717) is 22.6 Å². The molecule has 0 bridgehead atoms. The Morgan fingerprint density at radius 1 is 1.33 bits per heavy atom. The van der Waals surface area contributed by atoms with Gasteiger partial charge in [-0.3, -0.25) is 4.79 Å². The van der Waals surface area contributed by atoms with E-state index in [1.807, 2.05) is 19.1 Å². The van der Waals surface area contributed by atoms with Gasteiger partial charge in [0.25, 0.3) is 0 Å². The molecule has 2 aromatic heterocycles. The number of hydrogen-bond acceptors (Lipinski definition) is 3. The average molecular weight is 240 g/mol. The van der Waals surface area contributed by atoms with Crippen molar-refractivity contribution in [3.63, 3.8) is 0 Å². The number of benzene rings is 1. The van der Waals surface area contributed by atoms with E-state index in [-0.39, 0.29) is 5.43 Å². The number of aromatic amines is 2. The number of anilines is 1. The van der Waals surface area contributed by atoms with Gasteiger partial charge in [0, 0.05) is 18.0 Å². The maximum absolute atomic E-state index is 11.9. The predicted octanol–water partition coefficient (Wildman–Crippen LogP) is 1.81. The minimum absolute atomic E-state index is 0.0659. The molecule has 0 fully saturated rings. The van der Waals surface area contributed by atoms with Crippen LogP contribution in [0.5, 0.6) is 0 Å². The third kappa shape index (κ3) is 1.57. The van der Waals surface area contributed by atoms with Crippen LogP contribution in [-0.4, -0.2) is 15.0 Å². The second-order valence-corrected chi connectivity index (χ2v) is 4.22. The molecular weight excluding hydrogens is 228 g/mol. The summed E-state index contributed by atoms with van der Waals surface area (Å²) in [6, 6.07) is 7.06. The number of imidazole rings is 1. The van der Waals surface area contributed by atoms with Crippen molar-refractivity contribution in [2.45, 2.75) is 6.92 Å². The standard InChI is InChI=1S/C13H12N4O/c1-7-5-11(18)8(6-15-7)13-16-10-4-2-3-9(14)12(10)17-13/h2-6H,14H2,1H3,(H,15,18)(H,16,17). The van der Waals surface area contributed by atoms with Crippen molar-refractivity contribution < 1.29 is 0 Å². The van der Waals surface area contributed by atoms with Crippen LogP contribution in [0, 0.1) is 6.92 Å². The molecule has 0 aliphatic heterocycles. The predicted molar refractivity (Wildman–Crippen MR) is 71.3 cm³/mol. The Bertz CT molecular complexity index is 785. The Morgan fingerprint density at radius 3 is 2.89 bits per heavy atom. The molecule has 0 atom stereocenters. The van der Waals surface area contributed by atoms with Crippen LogP contribution in [0.2, 0.25) is 0 Å². The number of aromatic nitrogens is 3. The molecule has 0 amide bonds. The van der Waals surface area contributed by atoms with E-state index in [1.54, 1.807) is 18.3 Å². The van der Waals surface area contributed by atoms with Gasteiger partial charge in [0.1, 0.15) is 11.3 Å². The molecule has 4 N–H and O–H groups in total. The van der Waals surface area contributed by atoms with E-state index >= 15 is 0 Å². The second kappa shape index (κ2) is 3.73. The topological polar surface area (TPSA) is 87.6 Å². The van der Waals surface area contributed by atoms with Crippen molar-refractivity contribution in [1.82, 2.24) is 15.0 Å². The summed E-state index contributed by atoms with van der Waals surface area (Å²) >= 11 is 0. The summed E-state index contributed by atoms with van der Waals surface area (Å²) in [4.78, 5) is 22.4. The van der Waals surface area contributed by atoms with E-state index in [9.17, 15) is 4.79 Å². The molecule has 0 saturated heterocycles. The van der Waals surface area contributed by atoms with Gasteiger partial charge >= 0.3 is 0 Å². The van der Waals surface area contributed by atoms with E-state index in [2.05, 4.69) is 15.0 Å². The van der Waals surface area contributed by atoms with Crippen LogP contribution >= 0.6 is 0 Å². The highest BCUT2D eigenvalue weighted by atomic mass is 16.1. The minimum Gasteiger partial charge on any atom is -0.397 e. The van der Waals surface area contributed by atoms with Gasteiger partial charge in [0.05, 0.1) is 16.8 Å². The van der Waals surface area contributed by atoms with Gasteiger partial charge in [-0.25, -0.2) is 4.98 Å². The number of nitrogens with two attached hydrogens (primary N) is 1. The van der Waals surface area contributed by atoms with Gasteiger partial charge in [0.15, 0.2) is 5.43 Å². The van der Waals surface area contributed by atoms with E-state index in [0.717, 1.165) is 11.2 Å². The number of aryl methyl sites for hydroxylation is 1. The first-order chi connectivity index (χ1) is 8.65. The molecule has 0 aliphatic carbocycles. The molecule has 3 aromatic rings. The molecule has 5 heteroatoms. The van der Waals surface area contributed by atoms with Crippen LogP contribution in [0.1, 0.15) is 5.69 Å². The molecule has 90 valence electrons. The number of nitrogens with zero attached hydrogens (tertiary/aromatic N) is 1. The molecule has 3 rings (SSSR count). The van der Waals surface area contributed by atoms with Crippen molar-refractivity contribution >= 4 is 16.7 Å². The lowest BCUT2D eigenvalue weighted by Gasteiger charge is -1.96. The van der Waals surface area contributed by atoms with Gasteiger partial charge in [0.2, 0.25) is 0 Å². The zero-order chi connectivity index (χ0) is 12.7. The fraction of sp³-hybridized carbons (Fsp3) is 0.0769. The highest BCUT2D eigenvalue weighted by Gasteiger charge is 2.10. The third-order valence-electron chi connectivity index (χ3n) is 2.86. The van der Waals surface area contributed by atoms with E-state index in [4.69, 9.17) is 5.73 Å². The van der Waals surface area contributed by atoms with Crippen molar-refractivity contribution in [1.29, 1.82) is 0 Å². The lowest BCUT2D eigenvalue weighted by Crippen LogP contribution is -2.05. The highest BCUT2D eigenvalue weighted by molar-refractivity contribution is 5.89. The number of para-hydroxylation sites is 1. The summed E-state index contributed by atoms with van der Waals surface area (Å²) in [5.74, 6) is 0.532. The van der Waals surface area contributed by atoms with Crippen LogP contribution < -0.4 is 11.2 Å². The molecular formula is C13H12N4O. The monoisotopic (exact) mass is 240 g/mol. The number of nitrogens with one attached hydrogen (secondary N) is 2. The molecule has 0 aliphatic rings. The van der Waals surface area contributed by atoms with Crippen LogP contribution in [-0.2, 0) is 0 Å². The summed E-state index contributed by atoms with van der Waals surface area (Å²) in [5, 5.41) is 0. The Kier molecular flexibility index (Phi) is 2.19. The van der Waals surface area contributed by atoms with Gasteiger partial charge in [-0.2, -0.15) is 0 Å². The SMILES string of the molecule is Cc1cc(=O)c(-c2nc3c(N)cccc3[nH]2)c[nH]1. The van der Waals surface area contributed by atoms with Crippen LogP contribution in [0.25, 0.3) is 22.4 Å². The highest BCUT2D eigenvalue weighted by Crippen LogP contribution is 2.21. The number of rotatable bonds is 1. The second-order valence-electron chi connectivity index (χ2n) is 4.22. The molecule has 5 nitrogen and oxygen atoms in total. The first-order valence-corrected chi connectivity index (χ1v) is 5.59. The van der Waals surface area contributed by atoms with Gasteiger partial charge < -0.3 is 15.7 Å². The molecule has 0 radical (unpaired) electrons. The fourth-order valence-corrected chi connectivity index (χ4v) is 1.94. The number of fused-ring (bicyclic) bond motifs is 1. The zero-order valence-electron chi connectivity index (χ0n) is 9.82. The normalized spacial score (nSPS) is 10.9. The summed E-state index contributed by atoms with van der Waals surface area (Å²) in [6.45, 7) is 1.84. The van der Waals surface area contributed by atoms with Gasteiger partial charge in [-0.05, 0) is 19.1 Å². The first-order valence-electron chi connectivity index (χ1n) is 5.59. The van der Waals surface area contributed by atoms with E-state index in [1.165, 1.54) is 0 Å². The smallest absolute Gasteiger partial charge is 0.192 e. The molecule has 18 heavy (non-hydrogen) atoms. The van der Waals surface area contributed by atoms with Crippen LogP contribution in [0.4, 0.5) is 5.69 Å². The maximum atomic E-state index is 11.9. The largest absolute Gasteiger partial charge is 0.397 e. The molecule has 2 heterocycles. The van der Waals surface area contributed by atoms with Crippen molar-refractivity contribution in [2.24, 2.45) is 0 Å². The number of H-pyrrole nitrogens is 2. The Balaban J connectivity index is 2.26. The Hall–Kier alpha value is -2.56. The molecule has 1 aromatic carbocycles. The molecule has 0 saturated carbocycles. The van der Waals surface area contributed by atoms with Crippen LogP contribution in [0.15, 0.2) is 35.3 Å². The summed E-state index contributed by atoms with van der Waals surface area (Å²) in [7, 11) is 0. The summed E-state index contributed by atoms with van der Waals surface area (Å²) in [6.07, 6.45) is 1.66. The third-order valence-corrected chi connectivity index (χ3v) is 2.86. The van der Waals surface area contributed by atoms with Crippen molar-refractivity contribution in [3.8, 4) is 11.4 Å². The van der Waals surface area contributed by atoms with Crippen molar-refractivity contribution in [2.75, 3.05) is 5.73 Å². The fourth-order valence-electron chi connectivity index (χ4n) is 1.94. The lowest BCUT2D eigenvalue weighted by atomic mass is 10.2.